The number of para-hydroxylation sites is 1. The molecule has 1 N–H and O–H groups in total. The number of nitrogens with one attached hydrogen (secondary N) is 1. The molecule has 5 rings (SSSR count). The molecule has 0 spiro atoms. The standard InChI is InChI=1S/C30H29N3O4/c1-18-14-22(19(2)32-24-9-7-6-8-21(24)29(35)37-30(3,4)5)28-23(15-18)25(34)16-26(36-28)20-10-11-27-31-12-13-33(27)17-20/h6-17,19,32H,1-5H3. The Morgan fingerprint density at radius 1 is 1.11 bits per heavy atom. The second-order valence-corrected chi connectivity index (χ2v) is 10.2. The number of nitrogens with zero attached hydrogens (tertiary/aromatic N) is 2. The van der Waals surface area contributed by atoms with Crippen LogP contribution in [0.5, 0.6) is 0 Å². The minimum Gasteiger partial charge on any atom is -0.456 e. The summed E-state index contributed by atoms with van der Waals surface area (Å²) in [5.41, 5.74) is 4.20. The predicted molar refractivity (Wildman–Crippen MR) is 145 cm³/mol. The maximum Gasteiger partial charge on any atom is 0.340 e. The van der Waals surface area contributed by atoms with Crippen LogP contribution in [-0.2, 0) is 4.74 Å². The molecule has 0 fully saturated rings. The van der Waals surface area contributed by atoms with Gasteiger partial charge in [0.2, 0.25) is 0 Å². The molecule has 0 bridgehead atoms. The van der Waals surface area contributed by atoms with Crippen LogP contribution in [0.1, 0.15) is 55.2 Å². The zero-order valence-corrected chi connectivity index (χ0v) is 21.5. The largest absolute Gasteiger partial charge is 0.456 e. The highest BCUT2D eigenvalue weighted by Gasteiger charge is 2.22. The summed E-state index contributed by atoms with van der Waals surface area (Å²) in [6.45, 7) is 9.45. The van der Waals surface area contributed by atoms with Gasteiger partial charge < -0.3 is 18.9 Å². The molecular formula is C30H29N3O4. The van der Waals surface area contributed by atoms with Gasteiger partial charge in [0, 0.05) is 41.5 Å². The minimum atomic E-state index is -0.609. The van der Waals surface area contributed by atoms with Gasteiger partial charge in [-0.05, 0) is 70.5 Å². The maximum absolute atomic E-state index is 13.2. The van der Waals surface area contributed by atoms with E-state index in [1.54, 1.807) is 18.3 Å². The van der Waals surface area contributed by atoms with Crippen molar-refractivity contribution in [1.29, 1.82) is 0 Å². The Morgan fingerprint density at radius 3 is 2.68 bits per heavy atom. The highest BCUT2D eigenvalue weighted by molar-refractivity contribution is 5.96. The van der Waals surface area contributed by atoms with E-state index in [9.17, 15) is 9.59 Å². The molecule has 0 saturated heterocycles. The molecule has 0 aliphatic heterocycles. The Kier molecular flexibility index (Phi) is 6.07. The molecule has 37 heavy (non-hydrogen) atoms. The number of imidazole rings is 1. The Hall–Kier alpha value is -4.39. The highest BCUT2D eigenvalue weighted by atomic mass is 16.6. The Labute approximate surface area is 214 Å². The summed E-state index contributed by atoms with van der Waals surface area (Å²) in [6, 6.07) is 16.1. The third-order valence-corrected chi connectivity index (χ3v) is 6.06. The number of ether oxygens (including phenoxy) is 1. The van der Waals surface area contributed by atoms with E-state index in [-0.39, 0.29) is 11.5 Å². The van der Waals surface area contributed by atoms with Gasteiger partial charge >= 0.3 is 5.97 Å². The zero-order valence-electron chi connectivity index (χ0n) is 21.5. The minimum absolute atomic E-state index is 0.117. The van der Waals surface area contributed by atoms with Crippen LogP contribution in [-0.4, -0.2) is 21.0 Å². The molecule has 0 radical (unpaired) electrons. The van der Waals surface area contributed by atoms with Crippen LogP contribution in [0.15, 0.2) is 82.4 Å². The second kappa shape index (κ2) is 9.24. The van der Waals surface area contributed by atoms with Crippen LogP contribution in [0, 0.1) is 6.92 Å². The summed E-state index contributed by atoms with van der Waals surface area (Å²) in [5, 5.41) is 3.95. The van der Waals surface area contributed by atoms with Crippen molar-refractivity contribution in [3.63, 3.8) is 0 Å². The monoisotopic (exact) mass is 495 g/mol. The molecule has 2 aromatic carbocycles. The fraction of sp³-hybridized carbons (Fsp3) is 0.233. The average molecular weight is 496 g/mol. The number of aromatic nitrogens is 2. The van der Waals surface area contributed by atoms with Gasteiger partial charge in [-0.3, -0.25) is 4.79 Å². The van der Waals surface area contributed by atoms with E-state index in [1.807, 2.05) is 87.8 Å². The van der Waals surface area contributed by atoms with Gasteiger partial charge in [0.15, 0.2) is 5.43 Å². The lowest BCUT2D eigenvalue weighted by Crippen LogP contribution is -2.24. The van der Waals surface area contributed by atoms with Crippen LogP contribution >= 0.6 is 0 Å². The number of pyridine rings is 1. The van der Waals surface area contributed by atoms with Crippen molar-refractivity contribution in [2.45, 2.75) is 46.3 Å². The first kappa shape index (κ1) is 24.3. The molecule has 7 nitrogen and oxygen atoms in total. The van der Waals surface area contributed by atoms with Crippen molar-refractivity contribution < 1.29 is 13.9 Å². The molecule has 1 unspecified atom stereocenters. The number of carbonyl (C=O) groups excluding carboxylic acids is 1. The van der Waals surface area contributed by atoms with Crippen LogP contribution in [0.2, 0.25) is 0 Å². The van der Waals surface area contributed by atoms with Gasteiger partial charge in [-0.25, -0.2) is 9.78 Å². The van der Waals surface area contributed by atoms with Crippen molar-refractivity contribution in [3.05, 3.63) is 100 Å². The molecule has 3 aromatic heterocycles. The summed E-state index contributed by atoms with van der Waals surface area (Å²) >= 11 is 0. The van der Waals surface area contributed by atoms with E-state index in [2.05, 4.69) is 10.3 Å². The van der Waals surface area contributed by atoms with E-state index >= 15 is 0 Å². The lowest BCUT2D eigenvalue weighted by Gasteiger charge is -2.22. The number of aryl methyl sites for hydroxylation is 1. The van der Waals surface area contributed by atoms with E-state index < -0.39 is 11.6 Å². The number of carbonyl (C=O) groups is 1. The second-order valence-electron chi connectivity index (χ2n) is 10.2. The van der Waals surface area contributed by atoms with Crippen molar-refractivity contribution in [2.75, 3.05) is 5.32 Å². The highest BCUT2D eigenvalue weighted by Crippen LogP contribution is 2.31. The average Bonchev–Trinajstić information content (AvgIpc) is 3.31. The van der Waals surface area contributed by atoms with Gasteiger partial charge in [-0.15, -0.1) is 0 Å². The van der Waals surface area contributed by atoms with Crippen LogP contribution in [0.3, 0.4) is 0 Å². The first-order valence-corrected chi connectivity index (χ1v) is 12.2. The lowest BCUT2D eigenvalue weighted by molar-refractivity contribution is 0.00706. The van der Waals surface area contributed by atoms with Crippen molar-refractivity contribution in [1.82, 2.24) is 9.38 Å². The van der Waals surface area contributed by atoms with Gasteiger partial charge in [-0.1, -0.05) is 18.2 Å². The van der Waals surface area contributed by atoms with E-state index in [0.717, 1.165) is 22.3 Å². The molecule has 1 atom stereocenters. The quantitative estimate of drug-likeness (QED) is 0.279. The van der Waals surface area contributed by atoms with Gasteiger partial charge in [-0.2, -0.15) is 0 Å². The van der Waals surface area contributed by atoms with Crippen LogP contribution in [0.4, 0.5) is 5.69 Å². The van der Waals surface area contributed by atoms with Crippen molar-refractivity contribution in [3.8, 4) is 11.3 Å². The normalized spacial score (nSPS) is 12.6. The summed E-state index contributed by atoms with van der Waals surface area (Å²) in [4.78, 5) is 30.3. The number of fused-ring (bicyclic) bond motifs is 2. The number of rotatable bonds is 5. The number of hydrogen-bond donors (Lipinski definition) is 1. The zero-order chi connectivity index (χ0) is 26.3. The Bertz CT molecular complexity index is 1690. The summed E-state index contributed by atoms with van der Waals surface area (Å²) in [5.74, 6) is 0.0696. The third-order valence-electron chi connectivity index (χ3n) is 6.06. The third kappa shape index (κ3) is 4.98. The molecule has 5 aromatic rings. The van der Waals surface area contributed by atoms with Gasteiger partial charge in [0.1, 0.15) is 22.6 Å². The lowest BCUT2D eigenvalue weighted by atomic mass is 10.00. The molecule has 0 amide bonds. The Balaban J connectivity index is 1.57. The molecule has 0 aliphatic carbocycles. The van der Waals surface area contributed by atoms with Crippen LogP contribution in [0.25, 0.3) is 27.9 Å². The molecule has 0 saturated carbocycles. The number of anilines is 1. The van der Waals surface area contributed by atoms with Crippen molar-refractivity contribution in [2.24, 2.45) is 0 Å². The maximum atomic E-state index is 13.2. The van der Waals surface area contributed by atoms with E-state index in [0.29, 0.717) is 28.0 Å². The molecule has 3 heterocycles. The van der Waals surface area contributed by atoms with E-state index in [1.165, 1.54) is 6.07 Å². The summed E-state index contributed by atoms with van der Waals surface area (Å²) in [6.07, 6.45) is 5.46. The molecular weight excluding hydrogens is 466 g/mol. The molecule has 7 heteroatoms. The van der Waals surface area contributed by atoms with Crippen molar-refractivity contribution >= 4 is 28.3 Å². The predicted octanol–water partition coefficient (Wildman–Crippen LogP) is 6.54. The first-order valence-electron chi connectivity index (χ1n) is 12.2. The first-order chi connectivity index (χ1) is 17.6. The fourth-order valence-corrected chi connectivity index (χ4v) is 4.40. The molecule has 188 valence electrons. The topological polar surface area (TPSA) is 85.8 Å². The van der Waals surface area contributed by atoms with Crippen LogP contribution < -0.4 is 10.7 Å². The van der Waals surface area contributed by atoms with E-state index in [4.69, 9.17) is 9.15 Å². The Morgan fingerprint density at radius 2 is 1.89 bits per heavy atom. The van der Waals surface area contributed by atoms with Gasteiger partial charge in [0.25, 0.3) is 0 Å². The fourth-order valence-electron chi connectivity index (χ4n) is 4.40. The number of hydrogen-bond acceptors (Lipinski definition) is 6. The van der Waals surface area contributed by atoms with Gasteiger partial charge in [0.05, 0.1) is 17.0 Å². The molecule has 0 aliphatic rings. The SMILES string of the molecule is Cc1cc(C(C)Nc2ccccc2C(=O)OC(C)(C)C)c2oc(-c3ccc4nccn4c3)cc(=O)c2c1. The summed E-state index contributed by atoms with van der Waals surface area (Å²) < 4.78 is 13.9. The smallest absolute Gasteiger partial charge is 0.340 e. The number of benzene rings is 2. The number of esters is 1. The summed E-state index contributed by atoms with van der Waals surface area (Å²) in [7, 11) is 0.